The van der Waals surface area contributed by atoms with E-state index >= 15 is 0 Å². The van der Waals surface area contributed by atoms with Gasteiger partial charge in [-0.3, -0.25) is 9.59 Å². The van der Waals surface area contributed by atoms with Crippen LogP contribution in [0.1, 0.15) is 30.9 Å². The number of hydrogen-bond donors (Lipinski definition) is 1. The van der Waals surface area contributed by atoms with Crippen molar-refractivity contribution in [2.24, 2.45) is 11.7 Å². The highest BCUT2D eigenvalue weighted by atomic mass is 16.5. The molecule has 1 fully saturated rings. The summed E-state index contributed by atoms with van der Waals surface area (Å²) in [6, 6.07) is 6.07. The minimum absolute atomic E-state index is 0.0794. The molecule has 1 aromatic rings. The van der Waals surface area contributed by atoms with Crippen LogP contribution in [0.3, 0.4) is 0 Å². The Balaban J connectivity index is 1.61. The van der Waals surface area contributed by atoms with Crippen molar-refractivity contribution in [3.8, 4) is 5.75 Å². The molecular weight excluding hydrogens is 280 g/mol. The van der Waals surface area contributed by atoms with Crippen molar-refractivity contribution in [1.29, 1.82) is 0 Å². The number of aryl methyl sites for hydroxylation is 2. The molecule has 2 amide bonds. The number of rotatable bonds is 4. The lowest BCUT2D eigenvalue weighted by molar-refractivity contribution is -0.137. The third kappa shape index (κ3) is 2.93. The van der Waals surface area contributed by atoms with Crippen LogP contribution >= 0.6 is 0 Å². The zero-order valence-corrected chi connectivity index (χ0v) is 12.9. The molecule has 5 nitrogen and oxygen atoms in total. The van der Waals surface area contributed by atoms with E-state index in [9.17, 15) is 9.59 Å². The molecule has 0 saturated carbocycles. The van der Waals surface area contributed by atoms with E-state index in [-0.39, 0.29) is 17.7 Å². The van der Waals surface area contributed by atoms with E-state index in [0.717, 1.165) is 18.6 Å². The lowest BCUT2D eigenvalue weighted by Crippen LogP contribution is -2.40. The SMILES string of the molecule is CC(Oc1ccc2c(c1)CCC2)C(=O)N1CCC(C(N)=O)C1. The van der Waals surface area contributed by atoms with Crippen LogP contribution in [0.2, 0.25) is 0 Å². The van der Waals surface area contributed by atoms with Gasteiger partial charge in [0, 0.05) is 13.1 Å². The third-order valence-corrected chi connectivity index (χ3v) is 4.63. The first-order valence-electron chi connectivity index (χ1n) is 7.91. The maximum Gasteiger partial charge on any atom is 0.263 e. The zero-order chi connectivity index (χ0) is 15.7. The minimum Gasteiger partial charge on any atom is -0.481 e. The molecule has 1 aliphatic heterocycles. The summed E-state index contributed by atoms with van der Waals surface area (Å²) in [5.74, 6) is 0.107. The fourth-order valence-corrected chi connectivity index (χ4v) is 3.33. The van der Waals surface area contributed by atoms with Crippen LogP contribution in [0.5, 0.6) is 5.75 Å². The topological polar surface area (TPSA) is 72.6 Å². The number of primary amides is 1. The molecule has 2 N–H and O–H groups in total. The molecule has 2 aliphatic rings. The van der Waals surface area contributed by atoms with Crippen LogP contribution in [-0.4, -0.2) is 35.9 Å². The van der Waals surface area contributed by atoms with E-state index in [1.54, 1.807) is 11.8 Å². The minimum atomic E-state index is -0.550. The number of carbonyl (C=O) groups excluding carboxylic acids is 2. The van der Waals surface area contributed by atoms with Crippen molar-refractivity contribution in [2.45, 2.75) is 38.7 Å². The Morgan fingerprint density at radius 2 is 2.09 bits per heavy atom. The van der Waals surface area contributed by atoms with Crippen molar-refractivity contribution in [3.05, 3.63) is 29.3 Å². The number of amides is 2. The first-order valence-corrected chi connectivity index (χ1v) is 7.91. The van der Waals surface area contributed by atoms with E-state index in [1.807, 2.05) is 12.1 Å². The molecule has 1 heterocycles. The van der Waals surface area contributed by atoms with Gasteiger partial charge in [0.25, 0.3) is 5.91 Å². The molecule has 1 aliphatic carbocycles. The Kier molecular flexibility index (Phi) is 4.05. The number of ether oxygens (including phenoxy) is 1. The van der Waals surface area contributed by atoms with Gasteiger partial charge >= 0.3 is 0 Å². The Morgan fingerprint density at radius 1 is 1.32 bits per heavy atom. The molecule has 0 aromatic heterocycles. The Morgan fingerprint density at radius 3 is 2.82 bits per heavy atom. The number of nitrogens with two attached hydrogens (primary N) is 1. The van der Waals surface area contributed by atoms with Gasteiger partial charge in [-0.1, -0.05) is 6.07 Å². The van der Waals surface area contributed by atoms with Crippen molar-refractivity contribution in [3.63, 3.8) is 0 Å². The van der Waals surface area contributed by atoms with Gasteiger partial charge in [0.15, 0.2) is 6.10 Å². The highest BCUT2D eigenvalue weighted by Gasteiger charge is 2.32. The first-order chi connectivity index (χ1) is 10.5. The lowest BCUT2D eigenvalue weighted by atomic mass is 10.1. The number of benzene rings is 1. The van der Waals surface area contributed by atoms with Crippen molar-refractivity contribution >= 4 is 11.8 Å². The van der Waals surface area contributed by atoms with Gasteiger partial charge in [0.05, 0.1) is 5.92 Å². The molecule has 1 aromatic carbocycles. The lowest BCUT2D eigenvalue weighted by Gasteiger charge is -2.22. The molecule has 1 saturated heterocycles. The van der Waals surface area contributed by atoms with Gasteiger partial charge in [-0.05, 0) is 55.9 Å². The quantitative estimate of drug-likeness (QED) is 0.910. The van der Waals surface area contributed by atoms with Gasteiger partial charge in [0.2, 0.25) is 5.91 Å². The van der Waals surface area contributed by atoms with Crippen molar-refractivity contribution in [2.75, 3.05) is 13.1 Å². The normalized spacial score (nSPS) is 21.5. The van der Waals surface area contributed by atoms with Crippen LogP contribution in [-0.2, 0) is 22.4 Å². The van der Waals surface area contributed by atoms with Crippen LogP contribution in [0.4, 0.5) is 0 Å². The highest BCUT2D eigenvalue weighted by Crippen LogP contribution is 2.27. The summed E-state index contributed by atoms with van der Waals surface area (Å²) in [7, 11) is 0. The largest absolute Gasteiger partial charge is 0.481 e. The van der Waals surface area contributed by atoms with Crippen LogP contribution in [0, 0.1) is 5.92 Å². The maximum atomic E-state index is 12.4. The molecule has 118 valence electrons. The molecule has 2 unspecified atom stereocenters. The standard InChI is InChI=1S/C17H22N2O3/c1-11(17(21)19-8-7-14(10-19)16(18)20)22-15-6-5-12-3-2-4-13(12)9-15/h5-6,9,11,14H,2-4,7-8,10H2,1H3,(H2,18,20). The molecule has 3 rings (SSSR count). The molecule has 22 heavy (non-hydrogen) atoms. The first kappa shape index (κ1) is 14.9. The number of hydrogen-bond acceptors (Lipinski definition) is 3. The maximum absolute atomic E-state index is 12.4. The summed E-state index contributed by atoms with van der Waals surface area (Å²) in [4.78, 5) is 25.3. The van der Waals surface area contributed by atoms with Crippen molar-refractivity contribution < 1.29 is 14.3 Å². The summed E-state index contributed by atoms with van der Waals surface area (Å²) in [5, 5.41) is 0. The van der Waals surface area contributed by atoms with E-state index in [2.05, 4.69) is 6.07 Å². The summed E-state index contributed by atoms with van der Waals surface area (Å²) < 4.78 is 5.80. The van der Waals surface area contributed by atoms with E-state index in [0.29, 0.717) is 19.5 Å². The van der Waals surface area contributed by atoms with Crippen LogP contribution in [0.25, 0.3) is 0 Å². The number of nitrogens with zero attached hydrogens (tertiary/aromatic N) is 1. The average molecular weight is 302 g/mol. The van der Waals surface area contributed by atoms with E-state index in [4.69, 9.17) is 10.5 Å². The van der Waals surface area contributed by atoms with E-state index in [1.165, 1.54) is 17.5 Å². The molecule has 5 heteroatoms. The zero-order valence-electron chi connectivity index (χ0n) is 12.9. The van der Waals surface area contributed by atoms with Crippen molar-refractivity contribution in [1.82, 2.24) is 4.90 Å². The molecule has 0 radical (unpaired) electrons. The monoisotopic (exact) mass is 302 g/mol. The molecule has 0 spiro atoms. The second kappa shape index (κ2) is 5.99. The van der Waals surface area contributed by atoms with Gasteiger partial charge in [-0.15, -0.1) is 0 Å². The predicted molar refractivity (Wildman–Crippen MR) is 82.4 cm³/mol. The fraction of sp³-hybridized carbons (Fsp3) is 0.529. The van der Waals surface area contributed by atoms with Gasteiger partial charge < -0.3 is 15.4 Å². The Bertz CT molecular complexity index is 600. The average Bonchev–Trinajstić information content (AvgIpc) is 3.15. The smallest absolute Gasteiger partial charge is 0.263 e. The number of fused-ring (bicyclic) bond motifs is 1. The highest BCUT2D eigenvalue weighted by molar-refractivity contribution is 5.83. The summed E-state index contributed by atoms with van der Waals surface area (Å²) in [6.07, 6.45) is 3.50. The van der Waals surface area contributed by atoms with Gasteiger partial charge in [0.1, 0.15) is 5.75 Å². The molecule has 2 atom stereocenters. The van der Waals surface area contributed by atoms with Gasteiger partial charge in [-0.25, -0.2) is 0 Å². The van der Waals surface area contributed by atoms with Crippen LogP contribution in [0.15, 0.2) is 18.2 Å². The molecule has 0 bridgehead atoms. The fourth-order valence-electron chi connectivity index (χ4n) is 3.33. The summed E-state index contributed by atoms with van der Waals surface area (Å²) >= 11 is 0. The number of likely N-dealkylation sites (tertiary alicyclic amines) is 1. The summed E-state index contributed by atoms with van der Waals surface area (Å²) in [5.41, 5.74) is 8.01. The summed E-state index contributed by atoms with van der Waals surface area (Å²) in [6.45, 7) is 2.74. The second-order valence-corrected chi connectivity index (χ2v) is 6.22. The second-order valence-electron chi connectivity index (χ2n) is 6.22. The molecular formula is C17H22N2O3. The van der Waals surface area contributed by atoms with E-state index < -0.39 is 6.10 Å². The third-order valence-electron chi connectivity index (χ3n) is 4.63. The number of carbonyl (C=O) groups is 2. The Labute approximate surface area is 130 Å². The Hall–Kier alpha value is -2.04. The van der Waals surface area contributed by atoms with Gasteiger partial charge in [-0.2, -0.15) is 0 Å². The predicted octanol–water partition coefficient (Wildman–Crippen LogP) is 1.28. The van der Waals surface area contributed by atoms with Crippen LogP contribution < -0.4 is 10.5 Å².